The van der Waals surface area contributed by atoms with Crippen LogP contribution in [0.3, 0.4) is 0 Å². The fourth-order valence-corrected chi connectivity index (χ4v) is 2.46. The minimum Gasteiger partial charge on any atom is -0.400 e. The van der Waals surface area contributed by atoms with E-state index in [2.05, 4.69) is 4.98 Å². The zero-order valence-corrected chi connectivity index (χ0v) is 14.5. The molecular formula is C15H26N2O7. The van der Waals surface area contributed by atoms with E-state index >= 15 is 0 Å². The smallest absolute Gasteiger partial charge is 0.330 e. The molecule has 1 saturated heterocycles. The van der Waals surface area contributed by atoms with Gasteiger partial charge < -0.3 is 24.1 Å². The molecule has 138 valence electrons. The van der Waals surface area contributed by atoms with Gasteiger partial charge in [0.05, 0.1) is 25.9 Å². The van der Waals surface area contributed by atoms with Gasteiger partial charge in [0.15, 0.2) is 6.23 Å². The average Bonchev–Trinajstić information content (AvgIpc) is 2.96. The number of aryl methyl sites for hydroxylation is 1. The van der Waals surface area contributed by atoms with Crippen LogP contribution < -0.4 is 11.2 Å². The highest BCUT2D eigenvalue weighted by molar-refractivity contribution is 5.02. The number of nitrogens with one attached hydrogen (secondary N) is 1. The summed E-state index contributed by atoms with van der Waals surface area (Å²) in [5.74, 6) is 0. The molecule has 24 heavy (non-hydrogen) atoms. The Morgan fingerprint density at radius 2 is 2.00 bits per heavy atom. The monoisotopic (exact) mass is 346 g/mol. The zero-order chi connectivity index (χ0) is 18.1. The summed E-state index contributed by atoms with van der Waals surface area (Å²) in [6.07, 6.45) is 1.03. The van der Waals surface area contributed by atoms with Crippen molar-refractivity contribution in [1.82, 2.24) is 9.55 Å². The van der Waals surface area contributed by atoms with Crippen LogP contribution in [-0.2, 0) is 18.9 Å². The van der Waals surface area contributed by atoms with Crippen LogP contribution in [0.4, 0.5) is 0 Å². The minimum absolute atomic E-state index is 0.165. The van der Waals surface area contributed by atoms with Crippen LogP contribution in [0.1, 0.15) is 18.2 Å². The molecule has 2 heterocycles. The third-order valence-corrected chi connectivity index (χ3v) is 3.54. The molecule has 1 aromatic heterocycles. The number of H-pyrrole nitrogens is 1. The highest BCUT2D eigenvalue weighted by atomic mass is 16.6. The van der Waals surface area contributed by atoms with E-state index in [0.29, 0.717) is 31.8 Å². The van der Waals surface area contributed by atoms with Gasteiger partial charge in [0.25, 0.3) is 5.56 Å². The van der Waals surface area contributed by atoms with E-state index in [1.807, 2.05) is 0 Å². The number of ether oxygens (including phenoxy) is 4. The summed E-state index contributed by atoms with van der Waals surface area (Å²) >= 11 is 0. The molecular weight excluding hydrogens is 320 g/mol. The normalized spacial score (nSPS) is 23.0. The van der Waals surface area contributed by atoms with Crippen LogP contribution in [0.2, 0.25) is 0 Å². The molecule has 0 amide bonds. The van der Waals surface area contributed by atoms with Crippen molar-refractivity contribution in [2.75, 3.05) is 41.2 Å². The quantitative estimate of drug-likeness (QED) is 0.635. The Kier molecular flexibility index (Phi) is 8.87. The Morgan fingerprint density at radius 3 is 2.62 bits per heavy atom. The average molecular weight is 346 g/mol. The van der Waals surface area contributed by atoms with Crippen molar-refractivity contribution in [3.63, 3.8) is 0 Å². The molecule has 0 aliphatic carbocycles. The van der Waals surface area contributed by atoms with Crippen molar-refractivity contribution in [3.05, 3.63) is 32.6 Å². The fourth-order valence-electron chi connectivity index (χ4n) is 2.46. The van der Waals surface area contributed by atoms with Gasteiger partial charge in [0.2, 0.25) is 0 Å². The van der Waals surface area contributed by atoms with Gasteiger partial charge in [-0.05, 0) is 6.92 Å². The van der Waals surface area contributed by atoms with Crippen molar-refractivity contribution < 1.29 is 24.1 Å². The summed E-state index contributed by atoms with van der Waals surface area (Å²) in [5.41, 5.74) is -0.474. The van der Waals surface area contributed by atoms with E-state index in [4.69, 9.17) is 24.1 Å². The zero-order valence-electron chi connectivity index (χ0n) is 14.5. The summed E-state index contributed by atoms with van der Waals surface area (Å²) in [7, 11) is 4.18. The van der Waals surface area contributed by atoms with Gasteiger partial charge in [-0.15, -0.1) is 0 Å². The van der Waals surface area contributed by atoms with Gasteiger partial charge in [-0.3, -0.25) is 14.3 Å². The van der Waals surface area contributed by atoms with Gasteiger partial charge in [-0.2, -0.15) is 0 Å². The second-order valence-electron chi connectivity index (χ2n) is 5.22. The van der Waals surface area contributed by atoms with Gasteiger partial charge >= 0.3 is 5.69 Å². The summed E-state index contributed by atoms with van der Waals surface area (Å²) in [4.78, 5) is 25.8. The Bertz CT molecular complexity index is 598. The number of hydrogen-bond donors (Lipinski definition) is 2. The van der Waals surface area contributed by atoms with Crippen molar-refractivity contribution in [3.8, 4) is 0 Å². The van der Waals surface area contributed by atoms with Crippen molar-refractivity contribution >= 4 is 0 Å². The summed E-state index contributed by atoms with van der Waals surface area (Å²) < 4.78 is 23.1. The third kappa shape index (κ3) is 5.25. The predicted octanol–water partition coefficient (Wildman–Crippen LogP) is -0.581. The minimum atomic E-state index is -0.597. The summed E-state index contributed by atoms with van der Waals surface area (Å²) in [6, 6.07) is 0. The molecule has 9 heteroatoms. The fraction of sp³-hybridized carbons (Fsp3) is 0.733. The highest BCUT2D eigenvalue weighted by Crippen LogP contribution is 2.30. The van der Waals surface area contributed by atoms with Gasteiger partial charge in [-0.1, -0.05) is 0 Å². The number of aromatic amines is 1. The van der Waals surface area contributed by atoms with Crippen LogP contribution in [0.25, 0.3) is 0 Å². The van der Waals surface area contributed by atoms with E-state index in [-0.39, 0.29) is 12.2 Å². The van der Waals surface area contributed by atoms with Crippen molar-refractivity contribution in [2.45, 2.75) is 31.8 Å². The summed E-state index contributed by atoms with van der Waals surface area (Å²) in [5, 5.41) is 7.00. The maximum Gasteiger partial charge on any atom is 0.330 e. The van der Waals surface area contributed by atoms with Gasteiger partial charge in [0, 0.05) is 39.5 Å². The molecule has 2 N–H and O–H groups in total. The Hall–Kier alpha value is -1.52. The molecule has 2 rings (SSSR count). The molecule has 1 unspecified atom stereocenters. The number of aromatic nitrogens is 2. The maximum atomic E-state index is 12.0. The molecule has 3 atom stereocenters. The molecule has 0 saturated carbocycles. The maximum absolute atomic E-state index is 12.0. The highest BCUT2D eigenvalue weighted by Gasteiger charge is 2.37. The Morgan fingerprint density at radius 1 is 1.29 bits per heavy atom. The molecule has 1 aliphatic rings. The lowest BCUT2D eigenvalue weighted by atomic mass is 10.2. The third-order valence-electron chi connectivity index (χ3n) is 3.54. The van der Waals surface area contributed by atoms with E-state index < -0.39 is 17.5 Å². The summed E-state index contributed by atoms with van der Waals surface area (Å²) in [6.45, 7) is 2.91. The largest absolute Gasteiger partial charge is 0.400 e. The van der Waals surface area contributed by atoms with Crippen LogP contribution in [0, 0.1) is 6.92 Å². The van der Waals surface area contributed by atoms with Gasteiger partial charge in [-0.25, -0.2) is 4.79 Å². The van der Waals surface area contributed by atoms with Crippen molar-refractivity contribution in [1.29, 1.82) is 0 Å². The van der Waals surface area contributed by atoms with E-state index in [9.17, 15) is 9.59 Å². The van der Waals surface area contributed by atoms with Crippen LogP contribution in [-0.4, -0.2) is 68.0 Å². The molecule has 1 aliphatic heterocycles. The number of aliphatic hydroxyl groups excluding tert-OH is 1. The molecule has 9 nitrogen and oxygen atoms in total. The van der Waals surface area contributed by atoms with Gasteiger partial charge in [0.1, 0.15) is 6.10 Å². The lowest BCUT2D eigenvalue weighted by Crippen LogP contribution is -2.37. The molecule has 0 radical (unpaired) electrons. The Labute approximate surface area is 140 Å². The first-order chi connectivity index (χ1) is 11.6. The lowest BCUT2D eigenvalue weighted by Gasteiger charge is -2.21. The van der Waals surface area contributed by atoms with Crippen LogP contribution in [0.5, 0.6) is 0 Å². The second kappa shape index (κ2) is 10.4. The number of aliphatic hydroxyl groups is 1. The Balaban J connectivity index is 0.00000139. The number of rotatable bonds is 7. The first-order valence-electron chi connectivity index (χ1n) is 7.58. The first-order valence-corrected chi connectivity index (χ1v) is 7.58. The van der Waals surface area contributed by atoms with E-state index in [1.54, 1.807) is 21.1 Å². The van der Waals surface area contributed by atoms with Crippen LogP contribution >= 0.6 is 0 Å². The predicted molar refractivity (Wildman–Crippen MR) is 86.2 cm³/mol. The van der Waals surface area contributed by atoms with E-state index in [1.165, 1.54) is 10.8 Å². The van der Waals surface area contributed by atoms with E-state index in [0.717, 1.165) is 7.11 Å². The molecule has 0 bridgehead atoms. The molecule has 1 aromatic rings. The topological polar surface area (TPSA) is 112 Å². The molecule has 1 fully saturated rings. The second-order valence-corrected chi connectivity index (χ2v) is 5.22. The number of nitrogens with zero attached hydrogens (tertiary/aromatic N) is 1. The first kappa shape index (κ1) is 20.5. The lowest BCUT2D eigenvalue weighted by molar-refractivity contribution is -0.0812. The molecule has 0 aromatic carbocycles. The number of methoxy groups -OCH3 is 2. The van der Waals surface area contributed by atoms with Crippen LogP contribution in [0.15, 0.2) is 15.8 Å². The van der Waals surface area contributed by atoms with Crippen molar-refractivity contribution in [2.24, 2.45) is 0 Å². The molecule has 0 spiro atoms. The standard InChI is InChI=1S/C14H22N2O6.CH4O/c1-9-7-16(14(18)15-12(9)17)13-11(21-5-4-19-2)6-10(22-13)8-20-3;1-2/h7,10-11,13H,4-6,8H2,1-3H3,(H,15,17,18);2H,1H3/t10-,11?,13+;/m0./s1. The SMILES string of the molecule is CO.COCCOC1C[C@@H](COC)O[C@H]1n1cc(C)c(=O)[nH]c1=O. The number of hydrogen-bond acceptors (Lipinski definition) is 7.